The molecule has 4 aromatic rings. The summed E-state index contributed by atoms with van der Waals surface area (Å²) in [6.45, 7) is -0.693. The van der Waals surface area contributed by atoms with Crippen LogP contribution in [-0.2, 0) is 14.8 Å². The summed E-state index contributed by atoms with van der Waals surface area (Å²) in [6.07, 6.45) is 0. The molecule has 0 aromatic heterocycles. The zero-order chi connectivity index (χ0) is 31.1. The number of ether oxygens (including phenoxy) is 4. The Morgan fingerprint density at radius 2 is 1.44 bits per heavy atom. The number of carbonyl (C=O) groups excluding carboxylic acids is 2. The van der Waals surface area contributed by atoms with Gasteiger partial charge >= 0.3 is 0 Å². The molecule has 0 saturated heterocycles. The zero-order valence-electron chi connectivity index (χ0n) is 23.8. The Labute approximate surface area is 254 Å². The molecule has 12 heteroatoms. The van der Waals surface area contributed by atoms with E-state index in [4.69, 9.17) is 30.5 Å². The van der Waals surface area contributed by atoms with Gasteiger partial charge in [0.05, 0.1) is 44.7 Å². The molecule has 0 unspecified atom stereocenters. The van der Waals surface area contributed by atoms with Crippen molar-refractivity contribution in [1.29, 1.82) is 0 Å². The fraction of sp³-hybridized carbons (Fsp3) is 0.161. The number of hydrogen-bond donors (Lipinski definition) is 1. The predicted octanol–water partition coefficient (Wildman–Crippen LogP) is 5.44. The molecule has 0 bridgehead atoms. The van der Waals surface area contributed by atoms with Gasteiger partial charge in [-0.15, -0.1) is 0 Å². The quantitative estimate of drug-likeness (QED) is 0.207. The fourth-order valence-corrected chi connectivity index (χ4v) is 5.89. The predicted molar refractivity (Wildman–Crippen MR) is 164 cm³/mol. The van der Waals surface area contributed by atoms with Crippen molar-refractivity contribution in [2.75, 3.05) is 44.6 Å². The van der Waals surface area contributed by atoms with Crippen molar-refractivity contribution < 1.29 is 37.0 Å². The first-order valence-corrected chi connectivity index (χ1v) is 14.6. The molecule has 0 heterocycles. The van der Waals surface area contributed by atoms with E-state index in [1.807, 2.05) is 0 Å². The monoisotopic (exact) mass is 624 g/mol. The number of nitrogens with one attached hydrogen (secondary N) is 1. The smallest absolute Gasteiger partial charge is 0.265 e. The van der Waals surface area contributed by atoms with Crippen molar-refractivity contribution in [2.45, 2.75) is 4.90 Å². The molecule has 1 N–H and O–H groups in total. The maximum atomic E-state index is 14.1. The molecule has 224 valence electrons. The number of anilines is 2. The van der Waals surface area contributed by atoms with Crippen LogP contribution >= 0.6 is 11.6 Å². The van der Waals surface area contributed by atoms with Crippen LogP contribution in [-0.4, -0.2) is 55.1 Å². The number of amides is 1. The second kappa shape index (κ2) is 13.5. The van der Waals surface area contributed by atoms with E-state index in [9.17, 15) is 18.0 Å². The van der Waals surface area contributed by atoms with Crippen LogP contribution in [0.2, 0.25) is 5.02 Å². The first-order chi connectivity index (χ1) is 20.6. The second-order valence-corrected chi connectivity index (χ2v) is 11.3. The van der Waals surface area contributed by atoms with Gasteiger partial charge in [0.15, 0.2) is 17.3 Å². The van der Waals surface area contributed by atoms with E-state index in [2.05, 4.69) is 5.32 Å². The fourth-order valence-electron chi connectivity index (χ4n) is 4.27. The first kappa shape index (κ1) is 31.2. The molecule has 4 rings (SSSR count). The highest BCUT2D eigenvalue weighted by molar-refractivity contribution is 7.92. The van der Waals surface area contributed by atoms with Crippen LogP contribution in [0.4, 0.5) is 11.4 Å². The third-order valence-electron chi connectivity index (χ3n) is 6.42. The Morgan fingerprint density at radius 1 is 0.767 bits per heavy atom. The highest BCUT2D eigenvalue weighted by Crippen LogP contribution is 2.37. The van der Waals surface area contributed by atoms with E-state index in [1.54, 1.807) is 36.4 Å². The average Bonchev–Trinajstić information content (AvgIpc) is 3.03. The normalized spacial score (nSPS) is 10.9. The van der Waals surface area contributed by atoms with Gasteiger partial charge in [-0.3, -0.25) is 13.9 Å². The summed E-state index contributed by atoms with van der Waals surface area (Å²) < 4.78 is 50.5. The lowest BCUT2D eigenvalue weighted by atomic mass is 10.0. The van der Waals surface area contributed by atoms with Crippen LogP contribution < -0.4 is 28.6 Å². The van der Waals surface area contributed by atoms with Crippen molar-refractivity contribution in [3.8, 4) is 23.0 Å². The summed E-state index contributed by atoms with van der Waals surface area (Å²) in [4.78, 5) is 26.7. The summed E-state index contributed by atoms with van der Waals surface area (Å²) in [7, 11) is 1.19. The minimum absolute atomic E-state index is 0.0449. The number of nitrogens with zero attached hydrogens (tertiary/aromatic N) is 1. The van der Waals surface area contributed by atoms with E-state index in [0.29, 0.717) is 17.1 Å². The Morgan fingerprint density at radius 3 is 2.09 bits per heavy atom. The molecule has 0 aliphatic rings. The molecule has 1 amide bonds. The second-order valence-electron chi connectivity index (χ2n) is 9.00. The lowest BCUT2D eigenvalue weighted by Gasteiger charge is -2.26. The molecule has 0 aliphatic heterocycles. The summed E-state index contributed by atoms with van der Waals surface area (Å²) in [5, 5.41) is 2.97. The van der Waals surface area contributed by atoms with Gasteiger partial charge in [0.1, 0.15) is 18.0 Å². The van der Waals surface area contributed by atoms with Crippen molar-refractivity contribution in [1.82, 2.24) is 0 Å². The Hall–Kier alpha value is -4.74. The summed E-state index contributed by atoms with van der Waals surface area (Å²) in [6, 6.07) is 21.6. The largest absolute Gasteiger partial charge is 0.497 e. The van der Waals surface area contributed by atoms with Gasteiger partial charge in [-0.25, -0.2) is 8.42 Å². The molecule has 0 aliphatic carbocycles. The lowest BCUT2D eigenvalue weighted by molar-refractivity contribution is -0.114. The molecule has 0 spiro atoms. The number of benzene rings is 4. The highest BCUT2D eigenvalue weighted by atomic mass is 35.5. The number of sulfonamides is 1. The molecular formula is C31H29ClN2O8S. The molecule has 10 nitrogen and oxygen atoms in total. The third-order valence-corrected chi connectivity index (χ3v) is 8.41. The van der Waals surface area contributed by atoms with Gasteiger partial charge in [0.25, 0.3) is 10.0 Å². The Balaban J connectivity index is 1.77. The Kier molecular flexibility index (Phi) is 9.79. The van der Waals surface area contributed by atoms with E-state index in [1.165, 1.54) is 77.0 Å². The van der Waals surface area contributed by atoms with Gasteiger partial charge in [-0.1, -0.05) is 41.9 Å². The lowest BCUT2D eigenvalue weighted by Crippen LogP contribution is -2.38. The van der Waals surface area contributed by atoms with Gasteiger partial charge in [-0.05, 0) is 42.5 Å². The molecule has 0 fully saturated rings. The summed E-state index contributed by atoms with van der Waals surface area (Å²) in [5.74, 6) is -0.110. The van der Waals surface area contributed by atoms with Crippen molar-refractivity contribution >= 4 is 44.7 Å². The molecule has 0 radical (unpaired) electrons. The number of methoxy groups -OCH3 is 4. The van der Waals surface area contributed by atoms with E-state index < -0.39 is 22.5 Å². The van der Waals surface area contributed by atoms with Crippen molar-refractivity contribution in [2.24, 2.45) is 0 Å². The number of ketones is 1. The third kappa shape index (κ3) is 6.85. The molecular weight excluding hydrogens is 596 g/mol. The number of rotatable bonds is 12. The number of halogens is 1. The minimum atomic E-state index is -4.42. The van der Waals surface area contributed by atoms with E-state index in [0.717, 1.165) is 4.31 Å². The van der Waals surface area contributed by atoms with Crippen LogP contribution in [0.1, 0.15) is 15.9 Å². The van der Waals surface area contributed by atoms with Crippen LogP contribution in [0, 0.1) is 0 Å². The van der Waals surface area contributed by atoms with Gasteiger partial charge in [0, 0.05) is 28.3 Å². The zero-order valence-corrected chi connectivity index (χ0v) is 25.4. The van der Waals surface area contributed by atoms with Crippen LogP contribution in [0.15, 0.2) is 89.8 Å². The van der Waals surface area contributed by atoms with E-state index >= 15 is 0 Å². The first-order valence-electron chi connectivity index (χ1n) is 12.8. The van der Waals surface area contributed by atoms with Gasteiger partial charge in [0.2, 0.25) is 5.91 Å². The standard InChI is InChI=1S/C31H29ClN2O8S/c1-39-22-11-14-27(40-2)26(17-22)34(43(37,38)23-12-15-28(41-3)29(18-23)42-4)19-30(35)33-25-13-10-21(32)16-24(25)31(36)20-8-6-5-7-9-20/h5-18H,19H2,1-4H3,(H,33,35). The average molecular weight is 625 g/mol. The maximum Gasteiger partial charge on any atom is 0.265 e. The molecule has 0 atom stereocenters. The van der Waals surface area contributed by atoms with Crippen molar-refractivity contribution in [3.05, 3.63) is 101 Å². The molecule has 43 heavy (non-hydrogen) atoms. The topological polar surface area (TPSA) is 120 Å². The van der Waals surface area contributed by atoms with E-state index in [-0.39, 0.29) is 44.1 Å². The van der Waals surface area contributed by atoms with Crippen LogP contribution in [0.25, 0.3) is 0 Å². The van der Waals surface area contributed by atoms with Crippen molar-refractivity contribution in [3.63, 3.8) is 0 Å². The van der Waals surface area contributed by atoms with Gasteiger partial charge < -0.3 is 24.3 Å². The summed E-state index contributed by atoms with van der Waals surface area (Å²) >= 11 is 6.19. The SMILES string of the molecule is COc1ccc(OC)c(N(CC(=O)Nc2ccc(Cl)cc2C(=O)c2ccccc2)S(=O)(=O)c2ccc(OC)c(OC)c2)c1. The molecule has 4 aromatic carbocycles. The highest BCUT2D eigenvalue weighted by Gasteiger charge is 2.31. The minimum Gasteiger partial charge on any atom is -0.497 e. The van der Waals surface area contributed by atoms with Crippen LogP contribution in [0.5, 0.6) is 23.0 Å². The van der Waals surface area contributed by atoms with Crippen LogP contribution in [0.3, 0.4) is 0 Å². The van der Waals surface area contributed by atoms with Gasteiger partial charge in [-0.2, -0.15) is 0 Å². The number of hydrogen-bond acceptors (Lipinski definition) is 8. The Bertz CT molecular complexity index is 1750. The molecule has 0 saturated carbocycles. The maximum absolute atomic E-state index is 14.1. The number of carbonyl (C=O) groups is 2. The summed E-state index contributed by atoms with van der Waals surface area (Å²) in [5.41, 5.74) is 0.729.